The van der Waals surface area contributed by atoms with E-state index in [0.29, 0.717) is 0 Å². The van der Waals surface area contributed by atoms with Gasteiger partial charge in [0.15, 0.2) is 0 Å². The molecule has 1 unspecified atom stereocenters. The minimum absolute atomic E-state index is 0.275. The van der Waals surface area contributed by atoms with Gasteiger partial charge in [-0.25, -0.2) is 0 Å². The molecule has 0 bridgehead atoms. The summed E-state index contributed by atoms with van der Waals surface area (Å²) in [6.45, 7) is 10.7. The standard InChI is InChI=1S/C17H29N3O/c1-5-19-17(4,16(18)21)12-7-13-20(6-2)15-10-8-14(3)9-11-15/h8-11,19H,5-7,12-13H2,1-4H3,(H2,18,21). The highest BCUT2D eigenvalue weighted by atomic mass is 16.1. The number of nitrogens with two attached hydrogens (primary N) is 1. The molecule has 0 radical (unpaired) electrons. The summed E-state index contributed by atoms with van der Waals surface area (Å²) in [5, 5.41) is 3.20. The van der Waals surface area contributed by atoms with Gasteiger partial charge in [-0.3, -0.25) is 4.79 Å². The fourth-order valence-corrected chi connectivity index (χ4v) is 2.54. The Balaban J connectivity index is 2.59. The molecule has 4 nitrogen and oxygen atoms in total. The van der Waals surface area contributed by atoms with E-state index in [4.69, 9.17) is 5.73 Å². The van der Waals surface area contributed by atoms with E-state index < -0.39 is 5.54 Å². The summed E-state index contributed by atoms with van der Waals surface area (Å²) in [5.74, 6) is -0.275. The molecule has 3 N–H and O–H groups in total. The van der Waals surface area contributed by atoms with E-state index in [2.05, 4.69) is 48.3 Å². The molecule has 0 aliphatic heterocycles. The van der Waals surface area contributed by atoms with Gasteiger partial charge in [0.1, 0.15) is 0 Å². The van der Waals surface area contributed by atoms with Crippen molar-refractivity contribution in [3.63, 3.8) is 0 Å². The first-order valence-corrected chi connectivity index (χ1v) is 7.79. The minimum Gasteiger partial charge on any atom is -0.372 e. The van der Waals surface area contributed by atoms with Crippen LogP contribution in [0.2, 0.25) is 0 Å². The Bertz CT molecular complexity index is 444. The quantitative estimate of drug-likeness (QED) is 0.735. The number of hydrogen-bond acceptors (Lipinski definition) is 3. The third kappa shape index (κ3) is 5.05. The first-order chi connectivity index (χ1) is 9.92. The molecule has 0 saturated carbocycles. The maximum atomic E-state index is 11.6. The first kappa shape index (κ1) is 17.5. The summed E-state index contributed by atoms with van der Waals surface area (Å²) in [6.07, 6.45) is 1.67. The van der Waals surface area contributed by atoms with E-state index in [1.165, 1.54) is 11.3 Å². The predicted molar refractivity (Wildman–Crippen MR) is 89.6 cm³/mol. The van der Waals surface area contributed by atoms with Gasteiger partial charge in [-0.15, -0.1) is 0 Å². The zero-order valence-electron chi connectivity index (χ0n) is 13.8. The largest absolute Gasteiger partial charge is 0.372 e. The van der Waals surface area contributed by atoms with Gasteiger partial charge in [-0.1, -0.05) is 24.6 Å². The van der Waals surface area contributed by atoms with Gasteiger partial charge >= 0.3 is 0 Å². The van der Waals surface area contributed by atoms with Crippen molar-refractivity contribution in [3.8, 4) is 0 Å². The van der Waals surface area contributed by atoms with Crippen molar-refractivity contribution in [1.82, 2.24) is 5.32 Å². The normalized spacial score (nSPS) is 13.7. The molecular weight excluding hydrogens is 262 g/mol. The molecule has 118 valence electrons. The van der Waals surface area contributed by atoms with Gasteiger partial charge in [0.2, 0.25) is 5.91 Å². The number of rotatable bonds is 9. The SMILES string of the molecule is CCNC(C)(CCCN(CC)c1ccc(C)cc1)C(N)=O. The Labute approximate surface area is 128 Å². The molecule has 21 heavy (non-hydrogen) atoms. The summed E-state index contributed by atoms with van der Waals surface area (Å²) in [4.78, 5) is 13.9. The number of hydrogen-bond donors (Lipinski definition) is 2. The second-order valence-corrected chi connectivity index (χ2v) is 5.75. The number of aryl methyl sites for hydroxylation is 1. The zero-order chi connectivity index (χ0) is 15.9. The highest BCUT2D eigenvalue weighted by Gasteiger charge is 2.29. The van der Waals surface area contributed by atoms with Crippen LogP contribution in [0.5, 0.6) is 0 Å². The lowest BCUT2D eigenvalue weighted by atomic mass is 9.94. The van der Waals surface area contributed by atoms with Crippen molar-refractivity contribution in [2.24, 2.45) is 5.73 Å². The van der Waals surface area contributed by atoms with Crippen molar-refractivity contribution in [3.05, 3.63) is 29.8 Å². The molecule has 1 amide bonds. The summed E-state index contributed by atoms with van der Waals surface area (Å²) in [6, 6.07) is 8.56. The first-order valence-electron chi connectivity index (χ1n) is 7.79. The number of nitrogens with zero attached hydrogens (tertiary/aromatic N) is 1. The smallest absolute Gasteiger partial charge is 0.237 e. The van der Waals surface area contributed by atoms with Crippen LogP contribution >= 0.6 is 0 Å². The number of carbonyl (C=O) groups excluding carboxylic acids is 1. The molecular formula is C17H29N3O. The Kier molecular flexibility index (Phi) is 6.69. The Morgan fingerprint density at radius 2 is 1.90 bits per heavy atom. The van der Waals surface area contributed by atoms with Crippen molar-refractivity contribution in [2.45, 2.75) is 46.1 Å². The van der Waals surface area contributed by atoms with E-state index in [9.17, 15) is 4.79 Å². The second-order valence-electron chi connectivity index (χ2n) is 5.75. The van der Waals surface area contributed by atoms with Crippen LogP contribution in [-0.4, -0.2) is 31.1 Å². The molecule has 1 atom stereocenters. The molecule has 4 heteroatoms. The summed E-state index contributed by atoms with van der Waals surface area (Å²) >= 11 is 0. The number of primary amides is 1. The van der Waals surface area contributed by atoms with E-state index in [0.717, 1.165) is 32.5 Å². The van der Waals surface area contributed by atoms with Gasteiger partial charge < -0.3 is 16.0 Å². The van der Waals surface area contributed by atoms with Crippen molar-refractivity contribution in [2.75, 3.05) is 24.5 Å². The number of benzene rings is 1. The second kappa shape index (κ2) is 8.03. The van der Waals surface area contributed by atoms with Crippen LogP contribution in [0.25, 0.3) is 0 Å². The van der Waals surface area contributed by atoms with Crippen LogP contribution in [0, 0.1) is 6.92 Å². The third-order valence-corrected chi connectivity index (χ3v) is 4.00. The maximum Gasteiger partial charge on any atom is 0.237 e. The zero-order valence-corrected chi connectivity index (χ0v) is 13.8. The monoisotopic (exact) mass is 291 g/mol. The van der Waals surface area contributed by atoms with Gasteiger partial charge in [0.05, 0.1) is 5.54 Å². The van der Waals surface area contributed by atoms with Crippen molar-refractivity contribution in [1.29, 1.82) is 0 Å². The lowest BCUT2D eigenvalue weighted by Crippen LogP contribution is -2.53. The van der Waals surface area contributed by atoms with Gasteiger partial charge in [-0.05, 0) is 52.3 Å². The molecule has 0 heterocycles. The summed E-state index contributed by atoms with van der Waals surface area (Å²) < 4.78 is 0. The number of likely N-dealkylation sites (N-methyl/N-ethyl adjacent to an activating group) is 1. The minimum atomic E-state index is -0.610. The molecule has 0 aromatic heterocycles. The van der Waals surface area contributed by atoms with Crippen molar-refractivity contribution < 1.29 is 4.79 Å². The van der Waals surface area contributed by atoms with E-state index in [1.807, 2.05) is 13.8 Å². The average Bonchev–Trinajstić information content (AvgIpc) is 2.45. The summed E-state index contributed by atoms with van der Waals surface area (Å²) in [5.41, 5.74) is 7.41. The molecule has 0 fully saturated rings. The van der Waals surface area contributed by atoms with Crippen LogP contribution in [0.15, 0.2) is 24.3 Å². The lowest BCUT2D eigenvalue weighted by Gasteiger charge is -2.29. The van der Waals surface area contributed by atoms with E-state index in [-0.39, 0.29) is 5.91 Å². The van der Waals surface area contributed by atoms with Gasteiger partial charge in [0.25, 0.3) is 0 Å². The average molecular weight is 291 g/mol. The van der Waals surface area contributed by atoms with E-state index >= 15 is 0 Å². The fraction of sp³-hybridized carbons (Fsp3) is 0.588. The fourth-order valence-electron chi connectivity index (χ4n) is 2.54. The number of carbonyl (C=O) groups is 1. The number of anilines is 1. The molecule has 0 saturated heterocycles. The molecule has 0 aliphatic rings. The predicted octanol–water partition coefficient (Wildman–Crippen LogP) is 2.46. The lowest BCUT2D eigenvalue weighted by molar-refractivity contribution is -0.124. The maximum absolute atomic E-state index is 11.6. The highest BCUT2D eigenvalue weighted by molar-refractivity contribution is 5.84. The Morgan fingerprint density at radius 1 is 1.29 bits per heavy atom. The summed E-state index contributed by atoms with van der Waals surface area (Å²) in [7, 11) is 0. The van der Waals surface area contributed by atoms with Crippen LogP contribution < -0.4 is 16.0 Å². The van der Waals surface area contributed by atoms with Gasteiger partial charge in [0, 0.05) is 18.8 Å². The third-order valence-electron chi connectivity index (χ3n) is 4.00. The van der Waals surface area contributed by atoms with Crippen LogP contribution in [0.1, 0.15) is 39.2 Å². The number of nitrogens with one attached hydrogen (secondary N) is 1. The Hall–Kier alpha value is -1.55. The van der Waals surface area contributed by atoms with Crippen LogP contribution in [0.3, 0.4) is 0 Å². The molecule has 0 aliphatic carbocycles. The van der Waals surface area contributed by atoms with Crippen LogP contribution in [-0.2, 0) is 4.79 Å². The molecule has 1 aromatic carbocycles. The Morgan fingerprint density at radius 3 is 2.38 bits per heavy atom. The topological polar surface area (TPSA) is 58.4 Å². The highest BCUT2D eigenvalue weighted by Crippen LogP contribution is 2.18. The molecule has 1 aromatic rings. The van der Waals surface area contributed by atoms with Crippen LogP contribution in [0.4, 0.5) is 5.69 Å². The van der Waals surface area contributed by atoms with Gasteiger partial charge in [-0.2, -0.15) is 0 Å². The van der Waals surface area contributed by atoms with Crippen molar-refractivity contribution >= 4 is 11.6 Å². The molecule has 1 rings (SSSR count). The van der Waals surface area contributed by atoms with E-state index in [1.54, 1.807) is 0 Å². The number of amides is 1. The molecule has 0 spiro atoms.